The normalized spacial score (nSPS) is 13.0. The van der Waals surface area contributed by atoms with Crippen molar-refractivity contribution in [3.05, 3.63) is 51.4 Å². The summed E-state index contributed by atoms with van der Waals surface area (Å²) in [5, 5.41) is 2.51. The fraction of sp³-hybridized carbons (Fsp3) is 0.368. The topological polar surface area (TPSA) is 104 Å². The number of aromatic nitrogens is 2. The molecule has 0 atom stereocenters. The summed E-state index contributed by atoms with van der Waals surface area (Å²) in [5.74, 6) is 0.0354. The minimum atomic E-state index is -0.495. The van der Waals surface area contributed by atoms with Gasteiger partial charge in [-0.1, -0.05) is 23.8 Å². The molecule has 0 fully saturated rings. The molecule has 0 saturated carbocycles. The fourth-order valence-electron chi connectivity index (χ4n) is 3.00. The number of esters is 1. The van der Waals surface area contributed by atoms with Crippen LogP contribution in [0, 0.1) is 6.92 Å². The van der Waals surface area contributed by atoms with Crippen molar-refractivity contribution in [3.8, 4) is 11.4 Å². The summed E-state index contributed by atoms with van der Waals surface area (Å²) in [4.78, 5) is 45.0. The monoisotopic (exact) mass is 370 g/mol. The van der Waals surface area contributed by atoms with Crippen molar-refractivity contribution in [1.29, 1.82) is 0 Å². The van der Waals surface area contributed by atoms with E-state index >= 15 is 0 Å². The van der Waals surface area contributed by atoms with Crippen molar-refractivity contribution in [2.45, 2.75) is 26.8 Å². The van der Waals surface area contributed by atoms with E-state index < -0.39 is 12.0 Å². The molecule has 0 aliphatic carbocycles. The minimum Gasteiger partial charge on any atom is -0.465 e. The Bertz CT molecular complexity index is 922. The first-order valence-electron chi connectivity index (χ1n) is 8.85. The van der Waals surface area contributed by atoms with E-state index in [-0.39, 0.29) is 25.3 Å². The number of aryl methyl sites for hydroxylation is 1. The lowest BCUT2D eigenvalue weighted by atomic mass is 10.1. The van der Waals surface area contributed by atoms with Gasteiger partial charge in [0.15, 0.2) is 0 Å². The number of nitrogens with one attached hydrogen (secondary N) is 2. The van der Waals surface area contributed by atoms with Crippen molar-refractivity contribution in [2.24, 2.45) is 0 Å². The summed E-state index contributed by atoms with van der Waals surface area (Å²) in [7, 11) is 0. The van der Waals surface area contributed by atoms with Crippen LogP contribution in [0.2, 0.25) is 0 Å². The average molecular weight is 370 g/mol. The van der Waals surface area contributed by atoms with Crippen LogP contribution < -0.4 is 10.9 Å². The van der Waals surface area contributed by atoms with Crippen LogP contribution in [0.1, 0.15) is 23.7 Å². The average Bonchev–Trinajstić information content (AvgIpc) is 2.66. The number of carbonyl (C=O) groups is 2. The molecule has 8 nitrogen and oxygen atoms in total. The second-order valence-electron chi connectivity index (χ2n) is 6.34. The van der Waals surface area contributed by atoms with Gasteiger partial charge in [-0.15, -0.1) is 0 Å². The zero-order chi connectivity index (χ0) is 19.4. The Morgan fingerprint density at radius 2 is 2.19 bits per heavy atom. The van der Waals surface area contributed by atoms with Gasteiger partial charge >= 0.3 is 12.0 Å². The van der Waals surface area contributed by atoms with Crippen molar-refractivity contribution in [2.75, 3.05) is 19.7 Å². The van der Waals surface area contributed by atoms with Crippen LogP contribution in [0.5, 0.6) is 0 Å². The Hall–Kier alpha value is -3.16. The first-order valence-corrected chi connectivity index (χ1v) is 8.85. The molecule has 3 rings (SSSR count). The molecule has 0 spiro atoms. The van der Waals surface area contributed by atoms with E-state index in [1.54, 1.807) is 6.92 Å². The second kappa shape index (κ2) is 8.03. The van der Waals surface area contributed by atoms with E-state index in [1.807, 2.05) is 31.2 Å². The molecule has 2 heterocycles. The number of benzene rings is 1. The van der Waals surface area contributed by atoms with Crippen LogP contribution in [-0.4, -0.2) is 46.6 Å². The Morgan fingerprint density at radius 3 is 2.93 bits per heavy atom. The van der Waals surface area contributed by atoms with Crippen molar-refractivity contribution < 1.29 is 14.3 Å². The van der Waals surface area contributed by atoms with E-state index in [0.29, 0.717) is 30.0 Å². The van der Waals surface area contributed by atoms with E-state index in [9.17, 15) is 14.4 Å². The van der Waals surface area contributed by atoms with E-state index in [4.69, 9.17) is 4.74 Å². The standard InChI is InChI=1S/C19H22N4O4/c1-3-27-16(24)10-20-19(26)23-8-7-15-14(11-23)18(25)22-17(21-15)13-6-4-5-12(2)9-13/h4-6,9H,3,7-8,10-11H2,1-2H3,(H,20,26)(H,21,22,25). The molecule has 0 unspecified atom stereocenters. The van der Waals surface area contributed by atoms with Crippen LogP contribution in [-0.2, 0) is 22.5 Å². The predicted octanol–water partition coefficient (Wildman–Crippen LogP) is 1.38. The van der Waals surface area contributed by atoms with Gasteiger partial charge < -0.3 is 19.9 Å². The van der Waals surface area contributed by atoms with E-state index in [0.717, 1.165) is 11.1 Å². The van der Waals surface area contributed by atoms with Crippen molar-refractivity contribution in [1.82, 2.24) is 20.2 Å². The summed E-state index contributed by atoms with van der Waals surface area (Å²) >= 11 is 0. The van der Waals surface area contributed by atoms with Gasteiger partial charge in [-0.2, -0.15) is 0 Å². The number of hydrogen-bond donors (Lipinski definition) is 2. The number of fused-ring (bicyclic) bond motifs is 1. The highest BCUT2D eigenvalue weighted by atomic mass is 16.5. The summed E-state index contributed by atoms with van der Waals surface area (Å²) < 4.78 is 4.78. The number of H-pyrrole nitrogens is 1. The largest absolute Gasteiger partial charge is 0.465 e. The van der Waals surface area contributed by atoms with Crippen molar-refractivity contribution in [3.63, 3.8) is 0 Å². The smallest absolute Gasteiger partial charge is 0.325 e. The third kappa shape index (κ3) is 4.33. The van der Waals surface area contributed by atoms with Crippen LogP contribution in [0.15, 0.2) is 29.1 Å². The maximum absolute atomic E-state index is 12.5. The summed E-state index contributed by atoms with van der Waals surface area (Å²) in [6.45, 7) is 4.32. The highest BCUT2D eigenvalue weighted by molar-refractivity contribution is 5.81. The number of hydrogen-bond acceptors (Lipinski definition) is 5. The molecule has 2 aromatic rings. The number of aromatic amines is 1. The van der Waals surface area contributed by atoms with Gasteiger partial charge in [-0.3, -0.25) is 9.59 Å². The number of urea groups is 1. The fourth-order valence-corrected chi connectivity index (χ4v) is 3.00. The van der Waals surface area contributed by atoms with Gasteiger partial charge in [0.2, 0.25) is 0 Å². The van der Waals surface area contributed by atoms with Crippen LogP contribution in [0.25, 0.3) is 11.4 Å². The van der Waals surface area contributed by atoms with Gasteiger partial charge in [-0.05, 0) is 19.9 Å². The van der Waals surface area contributed by atoms with Gasteiger partial charge in [0, 0.05) is 18.5 Å². The van der Waals surface area contributed by atoms with Gasteiger partial charge in [0.05, 0.1) is 24.4 Å². The predicted molar refractivity (Wildman–Crippen MR) is 99.2 cm³/mol. The highest BCUT2D eigenvalue weighted by Crippen LogP contribution is 2.19. The molecule has 2 amide bonds. The zero-order valence-electron chi connectivity index (χ0n) is 15.4. The Balaban J connectivity index is 1.74. The zero-order valence-corrected chi connectivity index (χ0v) is 15.4. The Morgan fingerprint density at radius 1 is 1.37 bits per heavy atom. The molecule has 0 radical (unpaired) electrons. The second-order valence-corrected chi connectivity index (χ2v) is 6.34. The minimum absolute atomic E-state index is 0.153. The molecular formula is C19H22N4O4. The molecule has 142 valence electrons. The number of nitrogens with zero attached hydrogens (tertiary/aromatic N) is 2. The van der Waals surface area contributed by atoms with E-state index in [2.05, 4.69) is 15.3 Å². The van der Waals surface area contributed by atoms with Gasteiger partial charge in [0.25, 0.3) is 5.56 Å². The lowest BCUT2D eigenvalue weighted by Gasteiger charge is -2.27. The molecule has 8 heteroatoms. The van der Waals surface area contributed by atoms with Crippen LogP contribution >= 0.6 is 0 Å². The number of amides is 2. The van der Waals surface area contributed by atoms with E-state index in [1.165, 1.54) is 4.90 Å². The van der Waals surface area contributed by atoms with Crippen LogP contribution in [0.3, 0.4) is 0 Å². The molecule has 2 N–H and O–H groups in total. The molecular weight excluding hydrogens is 348 g/mol. The summed E-state index contributed by atoms with van der Waals surface area (Å²) in [5.41, 5.74) is 2.86. The lowest BCUT2D eigenvalue weighted by molar-refractivity contribution is -0.141. The molecule has 1 aromatic heterocycles. The molecule has 1 aliphatic heterocycles. The summed E-state index contributed by atoms with van der Waals surface area (Å²) in [6, 6.07) is 7.35. The number of ether oxygens (including phenoxy) is 1. The Kier molecular flexibility index (Phi) is 5.54. The maximum atomic E-state index is 12.5. The molecule has 1 aliphatic rings. The van der Waals surface area contributed by atoms with Gasteiger partial charge in [0.1, 0.15) is 12.4 Å². The van der Waals surface area contributed by atoms with Crippen molar-refractivity contribution >= 4 is 12.0 Å². The summed E-state index contributed by atoms with van der Waals surface area (Å²) in [6.07, 6.45) is 0.477. The number of rotatable bonds is 4. The first-order chi connectivity index (χ1) is 13.0. The first kappa shape index (κ1) is 18.6. The number of carbonyl (C=O) groups excluding carboxylic acids is 2. The highest BCUT2D eigenvalue weighted by Gasteiger charge is 2.25. The molecule has 1 aromatic carbocycles. The third-order valence-electron chi connectivity index (χ3n) is 4.34. The third-order valence-corrected chi connectivity index (χ3v) is 4.34. The molecule has 0 bridgehead atoms. The SMILES string of the molecule is CCOC(=O)CNC(=O)N1CCc2nc(-c3cccc(C)c3)[nH]c(=O)c2C1. The quantitative estimate of drug-likeness (QED) is 0.791. The van der Waals surface area contributed by atoms with Gasteiger partial charge in [-0.25, -0.2) is 9.78 Å². The van der Waals surface area contributed by atoms with Crippen LogP contribution in [0.4, 0.5) is 4.79 Å². The lowest BCUT2D eigenvalue weighted by Crippen LogP contribution is -2.46. The molecule has 0 saturated heterocycles. The molecule has 27 heavy (non-hydrogen) atoms. The Labute approximate surface area is 156 Å². The maximum Gasteiger partial charge on any atom is 0.325 e.